The van der Waals surface area contributed by atoms with Gasteiger partial charge in [0.1, 0.15) is 10.7 Å². The van der Waals surface area contributed by atoms with E-state index >= 15 is 0 Å². The summed E-state index contributed by atoms with van der Waals surface area (Å²) in [6.07, 6.45) is 1.66. The van der Waals surface area contributed by atoms with Crippen LogP contribution in [0.1, 0.15) is 5.69 Å². The third-order valence-corrected chi connectivity index (χ3v) is 3.24. The lowest BCUT2D eigenvalue weighted by Gasteiger charge is -2.03. The molecule has 2 heterocycles. The molecule has 2 aromatic heterocycles. The van der Waals surface area contributed by atoms with Crippen molar-refractivity contribution >= 4 is 27.3 Å². The Labute approximate surface area is 106 Å². The van der Waals surface area contributed by atoms with E-state index in [0.717, 1.165) is 16.9 Å². The van der Waals surface area contributed by atoms with Gasteiger partial charge in [-0.3, -0.25) is 4.79 Å². The lowest BCUT2D eigenvalue weighted by atomic mass is 10.2. The Morgan fingerprint density at radius 3 is 2.94 bits per heavy atom. The number of nitrogen functional groups attached to an aromatic ring is 1. The quantitative estimate of drug-likeness (QED) is 0.738. The normalized spacial score (nSPS) is 10.9. The lowest BCUT2D eigenvalue weighted by Crippen LogP contribution is -2.23. The molecule has 3 rings (SSSR count). The molecule has 0 saturated heterocycles. The first-order valence-corrected chi connectivity index (χ1v) is 6.04. The van der Waals surface area contributed by atoms with E-state index in [1.807, 2.05) is 18.2 Å². The SMILES string of the molecule is Nc1snnc1Cn1ncc2ccccc2c1=O. The molecule has 3 aromatic rings. The van der Waals surface area contributed by atoms with E-state index in [1.54, 1.807) is 12.3 Å². The number of fused-ring (bicyclic) bond motifs is 1. The molecule has 0 radical (unpaired) electrons. The van der Waals surface area contributed by atoms with Crippen molar-refractivity contribution in [3.05, 3.63) is 46.5 Å². The van der Waals surface area contributed by atoms with Crippen LogP contribution < -0.4 is 11.3 Å². The molecule has 0 amide bonds. The zero-order valence-electron chi connectivity index (χ0n) is 9.28. The summed E-state index contributed by atoms with van der Waals surface area (Å²) in [6, 6.07) is 7.33. The van der Waals surface area contributed by atoms with Crippen molar-refractivity contribution in [2.75, 3.05) is 5.73 Å². The zero-order valence-corrected chi connectivity index (χ0v) is 10.1. The van der Waals surface area contributed by atoms with Gasteiger partial charge in [0.25, 0.3) is 5.56 Å². The minimum Gasteiger partial charge on any atom is -0.388 e. The number of anilines is 1. The van der Waals surface area contributed by atoms with Gasteiger partial charge in [0.05, 0.1) is 18.1 Å². The van der Waals surface area contributed by atoms with Crippen LogP contribution in [0.5, 0.6) is 0 Å². The fourth-order valence-electron chi connectivity index (χ4n) is 1.71. The van der Waals surface area contributed by atoms with Crippen molar-refractivity contribution in [1.29, 1.82) is 0 Å². The van der Waals surface area contributed by atoms with Crippen LogP contribution in [0.2, 0.25) is 0 Å². The van der Waals surface area contributed by atoms with Gasteiger partial charge >= 0.3 is 0 Å². The molecule has 0 fully saturated rings. The van der Waals surface area contributed by atoms with E-state index in [0.29, 0.717) is 16.1 Å². The Morgan fingerprint density at radius 2 is 2.17 bits per heavy atom. The van der Waals surface area contributed by atoms with Crippen molar-refractivity contribution in [3.8, 4) is 0 Å². The summed E-state index contributed by atoms with van der Waals surface area (Å²) in [6.45, 7) is 0.242. The molecule has 0 saturated carbocycles. The maximum atomic E-state index is 12.2. The van der Waals surface area contributed by atoms with Gasteiger partial charge in [-0.25, -0.2) is 4.68 Å². The summed E-state index contributed by atoms with van der Waals surface area (Å²) in [7, 11) is 0. The third kappa shape index (κ3) is 1.74. The standard InChI is InChI=1S/C11H9N5OS/c12-10-9(14-15-18-10)6-16-11(17)8-4-2-1-3-7(8)5-13-16/h1-5H,6,12H2. The Kier molecular flexibility index (Phi) is 2.52. The van der Waals surface area contributed by atoms with Gasteiger partial charge in [-0.2, -0.15) is 5.10 Å². The molecular weight excluding hydrogens is 250 g/mol. The van der Waals surface area contributed by atoms with Crippen LogP contribution in [-0.4, -0.2) is 19.4 Å². The molecule has 0 aliphatic rings. The lowest BCUT2D eigenvalue weighted by molar-refractivity contribution is 0.635. The summed E-state index contributed by atoms with van der Waals surface area (Å²) in [5, 5.41) is 9.95. The molecule has 0 aliphatic heterocycles. The molecule has 18 heavy (non-hydrogen) atoms. The molecule has 7 heteroatoms. The van der Waals surface area contributed by atoms with Crippen LogP contribution in [0.25, 0.3) is 10.8 Å². The number of aromatic nitrogens is 4. The van der Waals surface area contributed by atoms with Crippen molar-refractivity contribution in [2.45, 2.75) is 6.54 Å². The minimum atomic E-state index is -0.152. The van der Waals surface area contributed by atoms with Crippen LogP contribution in [-0.2, 0) is 6.54 Å². The highest BCUT2D eigenvalue weighted by atomic mass is 32.1. The third-order valence-electron chi connectivity index (χ3n) is 2.65. The fraction of sp³-hybridized carbons (Fsp3) is 0.0909. The summed E-state index contributed by atoms with van der Waals surface area (Å²) in [4.78, 5) is 12.2. The van der Waals surface area contributed by atoms with Crippen molar-refractivity contribution < 1.29 is 0 Å². The van der Waals surface area contributed by atoms with Crippen LogP contribution in [0, 0.1) is 0 Å². The average Bonchev–Trinajstić information content (AvgIpc) is 2.79. The number of benzene rings is 1. The van der Waals surface area contributed by atoms with Crippen molar-refractivity contribution in [3.63, 3.8) is 0 Å². The smallest absolute Gasteiger partial charge is 0.274 e. The second kappa shape index (κ2) is 4.19. The Hall–Kier alpha value is -2.28. The first kappa shape index (κ1) is 10.8. The van der Waals surface area contributed by atoms with Gasteiger partial charge in [-0.15, -0.1) is 5.10 Å². The summed E-state index contributed by atoms with van der Waals surface area (Å²) >= 11 is 1.11. The van der Waals surface area contributed by atoms with Gasteiger partial charge < -0.3 is 5.73 Å². The highest BCUT2D eigenvalue weighted by Crippen LogP contribution is 2.13. The summed E-state index contributed by atoms with van der Waals surface area (Å²) in [5.74, 6) is 0. The van der Waals surface area contributed by atoms with Crippen molar-refractivity contribution in [2.24, 2.45) is 0 Å². The van der Waals surface area contributed by atoms with E-state index in [2.05, 4.69) is 14.7 Å². The molecule has 0 atom stereocenters. The van der Waals surface area contributed by atoms with Crippen LogP contribution in [0.4, 0.5) is 5.00 Å². The minimum absolute atomic E-state index is 0.152. The summed E-state index contributed by atoms with van der Waals surface area (Å²) in [5.41, 5.74) is 6.12. The van der Waals surface area contributed by atoms with E-state index < -0.39 is 0 Å². The van der Waals surface area contributed by atoms with Gasteiger partial charge in [-0.05, 0) is 6.07 Å². The van der Waals surface area contributed by atoms with E-state index in [1.165, 1.54) is 4.68 Å². The van der Waals surface area contributed by atoms with Crippen LogP contribution in [0.15, 0.2) is 35.3 Å². The number of rotatable bonds is 2. The van der Waals surface area contributed by atoms with Crippen LogP contribution in [0.3, 0.4) is 0 Å². The zero-order chi connectivity index (χ0) is 12.5. The molecule has 6 nitrogen and oxygen atoms in total. The average molecular weight is 259 g/mol. The first-order chi connectivity index (χ1) is 8.75. The van der Waals surface area contributed by atoms with Gasteiger partial charge in [0, 0.05) is 16.9 Å². The first-order valence-electron chi connectivity index (χ1n) is 5.27. The maximum absolute atomic E-state index is 12.2. The molecule has 2 N–H and O–H groups in total. The fourth-order valence-corrected chi connectivity index (χ4v) is 2.15. The van der Waals surface area contributed by atoms with E-state index in [4.69, 9.17) is 5.73 Å². The largest absolute Gasteiger partial charge is 0.388 e. The molecular formula is C11H9N5OS. The number of hydrogen-bond donors (Lipinski definition) is 1. The predicted molar refractivity (Wildman–Crippen MR) is 69.4 cm³/mol. The maximum Gasteiger partial charge on any atom is 0.274 e. The van der Waals surface area contributed by atoms with E-state index in [-0.39, 0.29) is 12.1 Å². The second-order valence-electron chi connectivity index (χ2n) is 3.78. The monoisotopic (exact) mass is 259 g/mol. The number of hydrogen-bond acceptors (Lipinski definition) is 6. The molecule has 0 unspecified atom stereocenters. The number of nitrogens with zero attached hydrogens (tertiary/aromatic N) is 4. The topological polar surface area (TPSA) is 86.7 Å². The molecule has 90 valence electrons. The molecule has 0 aliphatic carbocycles. The Bertz CT molecular complexity index is 763. The molecule has 1 aromatic carbocycles. The highest BCUT2D eigenvalue weighted by molar-refractivity contribution is 7.09. The van der Waals surface area contributed by atoms with Crippen molar-refractivity contribution in [1.82, 2.24) is 19.4 Å². The second-order valence-corrected chi connectivity index (χ2v) is 4.56. The van der Waals surface area contributed by atoms with Gasteiger partial charge in [0.2, 0.25) is 0 Å². The highest BCUT2D eigenvalue weighted by Gasteiger charge is 2.08. The Morgan fingerprint density at radius 1 is 1.33 bits per heavy atom. The summed E-state index contributed by atoms with van der Waals surface area (Å²) < 4.78 is 5.08. The van der Waals surface area contributed by atoms with Gasteiger partial charge in [-0.1, -0.05) is 22.7 Å². The Balaban J connectivity index is 2.11. The molecule has 0 bridgehead atoms. The van der Waals surface area contributed by atoms with Gasteiger partial charge in [0.15, 0.2) is 0 Å². The van der Waals surface area contributed by atoms with E-state index in [9.17, 15) is 4.79 Å². The molecule has 0 spiro atoms. The van der Waals surface area contributed by atoms with Crippen LogP contribution >= 0.6 is 11.5 Å². The predicted octanol–water partition coefficient (Wildman–Crippen LogP) is 0.878. The number of nitrogens with two attached hydrogens (primary N) is 1.